The van der Waals surface area contributed by atoms with Gasteiger partial charge in [-0.15, -0.1) is 10.2 Å². The van der Waals surface area contributed by atoms with Crippen molar-refractivity contribution < 1.29 is 9.53 Å². The van der Waals surface area contributed by atoms with E-state index in [0.29, 0.717) is 24.3 Å². The highest BCUT2D eigenvalue weighted by molar-refractivity contribution is 5.76. The highest BCUT2D eigenvalue weighted by Gasteiger charge is 2.59. The Labute approximate surface area is 172 Å². The standard InChI is InChI=1S/C21H34N6O2/c1-15(26-3-5-29-6-4-26)13-22-19(28)12-20-8-17-7-18(9-20)11-21(10-17,14-20)27-24-16(2)23-25-27/h15,17-18H,3-14H2,1-2H3,(H,22,28)/t15-,17+,18+,20?,21?/m1/s1. The molecule has 1 N–H and O–H groups in total. The third-order valence-electron chi connectivity index (χ3n) is 7.89. The summed E-state index contributed by atoms with van der Waals surface area (Å²) < 4.78 is 5.44. The summed E-state index contributed by atoms with van der Waals surface area (Å²) in [6.45, 7) is 8.32. The molecule has 5 aliphatic rings. The molecule has 1 aliphatic heterocycles. The maximum atomic E-state index is 13.0. The van der Waals surface area contributed by atoms with Gasteiger partial charge in [-0.2, -0.15) is 4.80 Å². The first-order valence-corrected chi connectivity index (χ1v) is 11.3. The first-order chi connectivity index (χ1) is 14.0. The number of nitrogens with zero attached hydrogens (tertiary/aromatic N) is 5. The molecule has 4 saturated carbocycles. The van der Waals surface area contributed by atoms with Gasteiger partial charge in [0.15, 0.2) is 5.82 Å². The number of rotatable bonds is 6. The minimum absolute atomic E-state index is 0.0211. The smallest absolute Gasteiger partial charge is 0.220 e. The van der Waals surface area contributed by atoms with Gasteiger partial charge in [0.1, 0.15) is 0 Å². The van der Waals surface area contributed by atoms with Crippen LogP contribution in [0.5, 0.6) is 0 Å². The monoisotopic (exact) mass is 402 g/mol. The van der Waals surface area contributed by atoms with Crippen LogP contribution in [0.4, 0.5) is 0 Å². The molecule has 0 aromatic carbocycles. The third-order valence-corrected chi connectivity index (χ3v) is 7.89. The van der Waals surface area contributed by atoms with Gasteiger partial charge in [-0.3, -0.25) is 9.69 Å². The zero-order chi connectivity index (χ0) is 20.1. The van der Waals surface area contributed by atoms with Crippen molar-refractivity contribution in [1.29, 1.82) is 0 Å². The molecule has 3 atom stereocenters. The molecule has 0 radical (unpaired) electrons. The van der Waals surface area contributed by atoms with Gasteiger partial charge in [-0.05, 0) is 74.8 Å². The van der Waals surface area contributed by atoms with Crippen molar-refractivity contribution in [1.82, 2.24) is 30.4 Å². The van der Waals surface area contributed by atoms with Gasteiger partial charge in [-0.1, -0.05) is 0 Å². The number of morpholine rings is 1. The Morgan fingerprint density at radius 1 is 1.24 bits per heavy atom. The number of nitrogens with one attached hydrogen (secondary N) is 1. The summed E-state index contributed by atoms with van der Waals surface area (Å²) >= 11 is 0. The molecule has 0 spiro atoms. The van der Waals surface area contributed by atoms with Crippen LogP contribution in [0.15, 0.2) is 0 Å². The van der Waals surface area contributed by atoms with Gasteiger partial charge in [0.05, 0.1) is 18.8 Å². The molecule has 8 nitrogen and oxygen atoms in total. The van der Waals surface area contributed by atoms with Gasteiger partial charge in [0, 0.05) is 32.1 Å². The molecule has 4 bridgehead atoms. The van der Waals surface area contributed by atoms with E-state index in [-0.39, 0.29) is 16.9 Å². The predicted octanol–water partition coefficient (Wildman–Crippen LogP) is 1.50. The minimum atomic E-state index is -0.0211. The Kier molecular flexibility index (Phi) is 4.89. The van der Waals surface area contributed by atoms with Crippen LogP contribution in [0, 0.1) is 24.2 Å². The zero-order valence-electron chi connectivity index (χ0n) is 17.8. The lowest BCUT2D eigenvalue weighted by Gasteiger charge is -2.61. The Hall–Kier alpha value is -1.54. The SMILES string of the molecule is Cc1nnn(C23C[C@H]4C[C@@H](CC(CC(=O)NC[C@@H](C)N5CCOCC5)(C4)C2)C3)n1. The lowest BCUT2D eigenvalue weighted by molar-refractivity contribution is -0.139. The van der Waals surface area contributed by atoms with Crippen molar-refractivity contribution >= 4 is 5.91 Å². The molecular formula is C21H34N6O2. The number of aryl methyl sites for hydroxylation is 1. The highest BCUT2D eigenvalue weighted by Crippen LogP contribution is 2.65. The zero-order valence-corrected chi connectivity index (χ0v) is 17.8. The second-order valence-corrected chi connectivity index (χ2v) is 10.3. The van der Waals surface area contributed by atoms with Gasteiger partial charge in [0.2, 0.25) is 5.91 Å². The molecule has 1 amide bonds. The lowest BCUT2D eigenvalue weighted by Crippen LogP contribution is -2.58. The Balaban J connectivity index is 1.24. The maximum Gasteiger partial charge on any atom is 0.220 e. The lowest BCUT2D eigenvalue weighted by atomic mass is 9.46. The first kappa shape index (κ1) is 19.4. The number of aromatic nitrogens is 4. The summed E-state index contributed by atoms with van der Waals surface area (Å²) in [6.07, 6.45) is 7.65. The topological polar surface area (TPSA) is 85.2 Å². The second kappa shape index (κ2) is 7.30. The largest absolute Gasteiger partial charge is 0.379 e. The summed E-state index contributed by atoms with van der Waals surface area (Å²) in [5, 5.41) is 16.4. The molecule has 1 aromatic heterocycles. The Bertz CT molecular complexity index is 744. The van der Waals surface area contributed by atoms with E-state index in [1.54, 1.807) is 0 Å². The van der Waals surface area contributed by atoms with E-state index in [1.807, 2.05) is 11.7 Å². The van der Waals surface area contributed by atoms with Crippen LogP contribution in [-0.2, 0) is 15.1 Å². The van der Waals surface area contributed by atoms with Gasteiger partial charge < -0.3 is 10.1 Å². The van der Waals surface area contributed by atoms with Gasteiger partial charge >= 0.3 is 0 Å². The second-order valence-electron chi connectivity index (χ2n) is 10.3. The van der Waals surface area contributed by atoms with E-state index < -0.39 is 0 Å². The van der Waals surface area contributed by atoms with Crippen LogP contribution >= 0.6 is 0 Å². The Morgan fingerprint density at radius 3 is 2.62 bits per heavy atom. The molecule has 8 heteroatoms. The van der Waals surface area contributed by atoms with Crippen LogP contribution in [-0.4, -0.2) is 69.9 Å². The van der Waals surface area contributed by atoms with E-state index in [2.05, 4.69) is 32.6 Å². The van der Waals surface area contributed by atoms with E-state index in [1.165, 1.54) is 19.3 Å². The number of ether oxygens (including phenoxy) is 1. The predicted molar refractivity (Wildman–Crippen MR) is 107 cm³/mol. The average molecular weight is 403 g/mol. The molecular weight excluding hydrogens is 368 g/mol. The fraction of sp³-hybridized carbons (Fsp3) is 0.905. The highest BCUT2D eigenvalue weighted by atomic mass is 16.5. The van der Waals surface area contributed by atoms with Crippen LogP contribution < -0.4 is 5.32 Å². The molecule has 5 fully saturated rings. The molecule has 1 aromatic rings. The Morgan fingerprint density at radius 2 is 1.97 bits per heavy atom. The van der Waals surface area contributed by atoms with Crippen molar-refractivity contribution in [3.8, 4) is 0 Å². The first-order valence-electron chi connectivity index (χ1n) is 11.3. The number of carbonyl (C=O) groups excluding carboxylic acids is 1. The number of amides is 1. The fourth-order valence-corrected chi connectivity index (χ4v) is 7.14. The van der Waals surface area contributed by atoms with Gasteiger partial charge in [-0.25, -0.2) is 0 Å². The maximum absolute atomic E-state index is 13.0. The number of tetrazole rings is 1. The fourth-order valence-electron chi connectivity index (χ4n) is 7.14. The average Bonchev–Trinajstić information content (AvgIpc) is 3.13. The van der Waals surface area contributed by atoms with Crippen LogP contribution in [0.25, 0.3) is 0 Å². The van der Waals surface area contributed by atoms with Crippen molar-refractivity contribution in [2.45, 2.75) is 70.4 Å². The molecule has 2 heterocycles. The minimum Gasteiger partial charge on any atom is -0.379 e. The normalized spacial score (nSPS) is 37.6. The summed E-state index contributed by atoms with van der Waals surface area (Å²) in [4.78, 5) is 17.3. The third kappa shape index (κ3) is 3.69. The van der Waals surface area contributed by atoms with E-state index in [9.17, 15) is 4.79 Å². The molecule has 160 valence electrons. The van der Waals surface area contributed by atoms with Gasteiger partial charge in [0.25, 0.3) is 0 Å². The molecule has 6 rings (SSSR count). The van der Waals surface area contributed by atoms with Crippen molar-refractivity contribution in [3.05, 3.63) is 5.82 Å². The molecule has 0 unspecified atom stereocenters. The number of hydrogen-bond acceptors (Lipinski definition) is 6. The van der Waals surface area contributed by atoms with Crippen molar-refractivity contribution in [2.24, 2.45) is 17.3 Å². The van der Waals surface area contributed by atoms with Crippen molar-refractivity contribution in [2.75, 3.05) is 32.8 Å². The van der Waals surface area contributed by atoms with Crippen LogP contribution in [0.2, 0.25) is 0 Å². The number of carbonyl (C=O) groups is 1. The quantitative estimate of drug-likeness (QED) is 0.776. The summed E-state index contributed by atoms with van der Waals surface area (Å²) in [5.74, 6) is 2.35. The van der Waals surface area contributed by atoms with E-state index >= 15 is 0 Å². The summed E-state index contributed by atoms with van der Waals surface area (Å²) in [7, 11) is 0. The van der Waals surface area contributed by atoms with E-state index in [0.717, 1.165) is 57.9 Å². The molecule has 1 saturated heterocycles. The number of hydrogen-bond donors (Lipinski definition) is 1. The van der Waals surface area contributed by atoms with Crippen molar-refractivity contribution in [3.63, 3.8) is 0 Å². The summed E-state index contributed by atoms with van der Waals surface area (Å²) in [5.41, 5.74) is 0.0879. The molecule has 4 aliphatic carbocycles. The summed E-state index contributed by atoms with van der Waals surface area (Å²) in [6, 6.07) is 0.355. The van der Waals surface area contributed by atoms with Crippen LogP contribution in [0.1, 0.15) is 57.7 Å². The van der Waals surface area contributed by atoms with Crippen LogP contribution in [0.3, 0.4) is 0 Å². The van der Waals surface area contributed by atoms with E-state index in [4.69, 9.17) is 4.74 Å². The molecule has 29 heavy (non-hydrogen) atoms.